The SMILES string of the molecule is COc1cc(C(=O)N(C)C)ccc1-c1cc2ncc(C3CC3)c(Cl)c2o1. The van der Waals surface area contributed by atoms with Crippen LogP contribution in [0.2, 0.25) is 5.02 Å². The van der Waals surface area contributed by atoms with Crippen molar-refractivity contribution in [3.63, 3.8) is 0 Å². The number of ether oxygens (including phenoxy) is 1. The molecule has 5 nitrogen and oxygen atoms in total. The maximum absolute atomic E-state index is 12.2. The number of carbonyl (C=O) groups excluding carboxylic acids is 1. The van der Waals surface area contributed by atoms with E-state index >= 15 is 0 Å². The van der Waals surface area contributed by atoms with Crippen molar-refractivity contribution in [1.82, 2.24) is 9.88 Å². The number of halogens is 1. The molecule has 2 heterocycles. The number of carbonyl (C=O) groups is 1. The molecule has 1 saturated carbocycles. The molecule has 0 saturated heterocycles. The molecule has 0 N–H and O–H groups in total. The lowest BCUT2D eigenvalue weighted by atomic mass is 10.1. The lowest BCUT2D eigenvalue weighted by molar-refractivity contribution is 0.0827. The fourth-order valence-corrected chi connectivity index (χ4v) is 3.40. The Morgan fingerprint density at radius 3 is 2.73 bits per heavy atom. The highest BCUT2D eigenvalue weighted by Crippen LogP contribution is 2.45. The largest absolute Gasteiger partial charge is 0.496 e. The molecule has 1 fully saturated rings. The quantitative estimate of drug-likeness (QED) is 0.665. The van der Waals surface area contributed by atoms with Gasteiger partial charge in [-0.05, 0) is 42.5 Å². The van der Waals surface area contributed by atoms with Crippen molar-refractivity contribution >= 4 is 28.6 Å². The van der Waals surface area contributed by atoms with E-state index in [1.165, 1.54) is 4.90 Å². The fraction of sp³-hybridized carbons (Fsp3) is 0.300. The van der Waals surface area contributed by atoms with E-state index in [1.54, 1.807) is 33.3 Å². The Balaban J connectivity index is 1.79. The number of rotatable bonds is 4. The second-order valence-electron chi connectivity index (χ2n) is 6.74. The molecule has 0 radical (unpaired) electrons. The maximum Gasteiger partial charge on any atom is 0.253 e. The summed E-state index contributed by atoms with van der Waals surface area (Å²) >= 11 is 6.54. The molecular weight excluding hydrogens is 352 g/mol. The maximum atomic E-state index is 12.2. The summed E-state index contributed by atoms with van der Waals surface area (Å²) < 4.78 is 11.5. The van der Waals surface area contributed by atoms with Crippen LogP contribution in [0.4, 0.5) is 0 Å². The van der Waals surface area contributed by atoms with E-state index in [2.05, 4.69) is 4.98 Å². The van der Waals surface area contributed by atoms with Crippen molar-refractivity contribution in [2.75, 3.05) is 21.2 Å². The number of furan rings is 1. The molecule has 4 rings (SSSR count). The Hall–Kier alpha value is -2.53. The van der Waals surface area contributed by atoms with Crippen LogP contribution in [0.1, 0.15) is 34.7 Å². The second-order valence-corrected chi connectivity index (χ2v) is 7.12. The molecule has 3 aromatic rings. The molecule has 26 heavy (non-hydrogen) atoms. The Labute approximate surface area is 156 Å². The first kappa shape index (κ1) is 16.9. The van der Waals surface area contributed by atoms with Crippen LogP contribution < -0.4 is 4.74 Å². The predicted octanol–water partition coefficient (Wildman–Crippen LogP) is 4.74. The molecule has 0 aliphatic heterocycles. The zero-order valence-corrected chi connectivity index (χ0v) is 15.6. The zero-order valence-electron chi connectivity index (χ0n) is 14.9. The molecule has 134 valence electrons. The number of hydrogen-bond donors (Lipinski definition) is 0. The molecule has 1 aliphatic rings. The number of fused-ring (bicyclic) bond motifs is 1. The predicted molar refractivity (Wildman–Crippen MR) is 101 cm³/mol. The summed E-state index contributed by atoms with van der Waals surface area (Å²) in [5.41, 5.74) is 3.68. The van der Waals surface area contributed by atoms with Gasteiger partial charge in [-0.2, -0.15) is 0 Å². The summed E-state index contributed by atoms with van der Waals surface area (Å²) in [7, 11) is 5.00. The molecule has 0 spiro atoms. The van der Waals surface area contributed by atoms with E-state index in [-0.39, 0.29) is 5.91 Å². The first-order valence-corrected chi connectivity index (χ1v) is 8.85. The van der Waals surface area contributed by atoms with Crippen molar-refractivity contribution in [1.29, 1.82) is 0 Å². The van der Waals surface area contributed by atoms with Crippen LogP contribution in [-0.2, 0) is 0 Å². The first-order valence-electron chi connectivity index (χ1n) is 8.47. The molecule has 2 aromatic heterocycles. The zero-order chi connectivity index (χ0) is 18.4. The normalized spacial score (nSPS) is 13.8. The summed E-state index contributed by atoms with van der Waals surface area (Å²) in [6.45, 7) is 0. The monoisotopic (exact) mass is 370 g/mol. The fourth-order valence-electron chi connectivity index (χ4n) is 3.06. The standard InChI is InChI=1S/C20H19ClN2O3/c1-23(2)20(24)12-6-7-13(16(8-12)25-3)17-9-15-19(26-17)18(21)14(10-22-15)11-4-5-11/h6-11H,4-5H2,1-3H3. The first-order chi connectivity index (χ1) is 12.5. The molecule has 0 atom stereocenters. The average Bonchev–Trinajstić information content (AvgIpc) is 3.38. The number of aromatic nitrogens is 1. The highest BCUT2D eigenvalue weighted by atomic mass is 35.5. The molecule has 0 unspecified atom stereocenters. The third-order valence-electron chi connectivity index (χ3n) is 4.65. The molecule has 6 heteroatoms. The van der Waals surface area contributed by atoms with Crippen molar-refractivity contribution in [3.05, 3.63) is 46.6 Å². The minimum Gasteiger partial charge on any atom is -0.496 e. The summed E-state index contributed by atoms with van der Waals surface area (Å²) in [5.74, 6) is 1.59. The van der Waals surface area contributed by atoms with Gasteiger partial charge in [0, 0.05) is 31.9 Å². The van der Waals surface area contributed by atoms with E-state index in [1.807, 2.05) is 18.3 Å². The van der Waals surface area contributed by atoms with Gasteiger partial charge in [0.1, 0.15) is 17.0 Å². The van der Waals surface area contributed by atoms with Crippen molar-refractivity contribution in [2.24, 2.45) is 0 Å². The number of nitrogens with zero attached hydrogens (tertiary/aromatic N) is 2. The lowest BCUT2D eigenvalue weighted by Crippen LogP contribution is -2.21. The van der Waals surface area contributed by atoms with E-state index in [0.717, 1.165) is 24.0 Å². The van der Waals surface area contributed by atoms with Crippen LogP contribution in [0.15, 0.2) is 34.9 Å². The number of hydrogen-bond acceptors (Lipinski definition) is 4. The minimum absolute atomic E-state index is 0.0850. The summed E-state index contributed by atoms with van der Waals surface area (Å²) in [5, 5.41) is 0.641. The highest BCUT2D eigenvalue weighted by molar-refractivity contribution is 6.35. The molecule has 1 amide bonds. The van der Waals surface area contributed by atoms with Gasteiger partial charge in [-0.25, -0.2) is 0 Å². The van der Waals surface area contributed by atoms with Gasteiger partial charge < -0.3 is 14.1 Å². The lowest BCUT2D eigenvalue weighted by Gasteiger charge is -2.12. The van der Waals surface area contributed by atoms with Gasteiger partial charge >= 0.3 is 0 Å². The van der Waals surface area contributed by atoms with Gasteiger partial charge in [0.2, 0.25) is 0 Å². The van der Waals surface area contributed by atoms with Crippen LogP contribution in [0, 0.1) is 0 Å². The average molecular weight is 371 g/mol. The van der Waals surface area contributed by atoms with Crippen molar-refractivity contribution < 1.29 is 13.9 Å². The Morgan fingerprint density at radius 2 is 2.08 bits per heavy atom. The van der Waals surface area contributed by atoms with Crippen molar-refractivity contribution in [2.45, 2.75) is 18.8 Å². The second kappa shape index (κ2) is 6.32. The summed E-state index contributed by atoms with van der Waals surface area (Å²) in [6, 6.07) is 7.15. The smallest absolute Gasteiger partial charge is 0.253 e. The summed E-state index contributed by atoms with van der Waals surface area (Å²) in [4.78, 5) is 18.2. The van der Waals surface area contributed by atoms with Gasteiger partial charge in [0.05, 0.1) is 17.7 Å². The van der Waals surface area contributed by atoms with Crippen LogP contribution in [-0.4, -0.2) is 37.0 Å². The Kier molecular flexibility index (Phi) is 4.11. The number of benzene rings is 1. The van der Waals surface area contributed by atoms with Crippen LogP contribution >= 0.6 is 11.6 Å². The van der Waals surface area contributed by atoms with Crippen LogP contribution in [0.3, 0.4) is 0 Å². The Bertz CT molecular complexity index is 1010. The van der Waals surface area contributed by atoms with E-state index < -0.39 is 0 Å². The third-order valence-corrected chi connectivity index (χ3v) is 5.04. The number of pyridine rings is 1. The third kappa shape index (κ3) is 2.82. The van der Waals surface area contributed by atoms with Crippen molar-refractivity contribution in [3.8, 4) is 17.1 Å². The minimum atomic E-state index is -0.0850. The van der Waals surface area contributed by atoms with Gasteiger partial charge in [-0.15, -0.1) is 0 Å². The topological polar surface area (TPSA) is 55.6 Å². The molecular formula is C20H19ClN2O3. The Morgan fingerprint density at radius 1 is 1.31 bits per heavy atom. The van der Waals surface area contributed by atoms with E-state index in [9.17, 15) is 4.79 Å². The van der Waals surface area contributed by atoms with Gasteiger partial charge in [-0.3, -0.25) is 9.78 Å². The summed E-state index contributed by atoms with van der Waals surface area (Å²) in [6.07, 6.45) is 4.14. The molecule has 1 aliphatic carbocycles. The van der Waals surface area contributed by atoms with E-state index in [4.69, 9.17) is 20.8 Å². The van der Waals surface area contributed by atoms with E-state index in [0.29, 0.717) is 39.1 Å². The van der Waals surface area contributed by atoms with Gasteiger partial charge in [0.15, 0.2) is 5.58 Å². The molecule has 0 bridgehead atoms. The highest BCUT2D eigenvalue weighted by Gasteiger charge is 2.28. The van der Waals surface area contributed by atoms with Crippen LogP contribution in [0.5, 0.6) is 5.75 Å². The number of amides is 1. The molecule has 1 aromatic carbocycles. The van der Waals surface area contributed by atoms with Gasteiger partial charge in [0.25, 0.3) is 5.91 Å². The van der Waals surface area contributed by atoms with Crippen LogP contribution in [0.25, 0.3) is 22.4 Å². The van der Waals surface area contributed by atoms with Gasteiger partial charge in [-0.1, -0.05) is 11.6 Å². The number of methoxy groups -OCH3 is 1.